The number of ether oxygens (including phenoxy) is 1. The number of aliphatic imine (C=N–C) groups is 1. The van der Waals surface area contributed by atoms with Crippen LogP contribution in [-0.2, 0) is 11.3 Å². The number of nitrogens with zero attached hydrogens (tertiary/aromatic N) is 1. The van der Waals surface area contributed by atoms with Gasteiger partial charge in [0.05, 0.1) is 6.10 Å². The van der Waals surface area contributed by atoms with E-state index in [0.717, 1.165) is 26.0 Å². The monoisotopic (exact) mass is 483 g/mol. The van der Waals surface area contributed by atoms with Gasteiger partial charge < -0.3 is 15.4 Å². The van der Waals surface area contributed by atoms with Crippen LogP contribution in [0.15, 0.2) is 59.6 Å². The molecule has 2 N–H and O–H groups in total. The van der Waals surface area contributed by atoms with Crippen LogP contribution in [0.1, 0.15) is 30.1 Å². The third-order valence-electron chi connectivity index (χ3n) is 4.73. The van der Waals surface area contributed by atoms with E-state index in [1.54, 1.807) is 19.2 Å². The summed E-state index contributed by atoms with van der Waals surface area (Å²) >= 11 is 0. The molecule has 2 unspecified atom stereocenters. The fourth-order valence-electron chi connectivity index (χ4n) is 3.33. The summed E-state index contributed by atoms with van der Waals surface area (Å²) in [6.45, 7) is 1.96. The van der Waals surface area contributed by atoms with Crippen LogP contribution in [-0.4, -0.2) is 26.2 Å². The summed E-state index contributed by atoms with van der Waals surface area (Å²) in [7, 11) is 1.72. The van der Waals surface area contributed by atoms with Gasteiger partial charge in [0.1, 0.15) is 5.82 Å². The van der Waals surface area contributed by atoms with Gasteiger partial charge in [0.15, 0.2) is 5.96 Å². The van der Waals surface area contributed by atoms with E-state index in [9.17, 15) is 4.39 Å². The van der Waals surface area contributed by atoms with Crippen molar-refractivity contribution in [2.75, 3.05) is 20.2 Å². The molecule has 2 aromatic carbocycles. The molecule has 4 nitrogen and oxygen atoms in total. The standard InChI is InChI=1S/C21H26FN3O.HI/c1-23-21(24-14-17-10-5-6-12-19(17)22)25-15-18-11-7-13-26-20(18)16-8-3-2-4-9-16;/h2-6,8-10,12,18,20H,7,11,13-15H2,1H3,(H2,23,24,25);1H. The third-order valence-corrected chi connectivity index (χ3v) is 4.73. The molecule has 0 saturated carbocycles. The van der Waals surface area contributed by atoms with E-state index < -0.39 is 0 Å². The third kappa shape index (κ3) is 6.17. The predicted octanol–water partition coefficient (Wildman–Crippen LogP) is 4.28. The maximum Gasteiger partial charge on any atom is 0.191 e. The molecule has 0 radical (unpaired) electrons. The minimum atomic E-state index is -0.208. The first-order chi connectivity index (χ1) is 12.8. The van der Waals surface area contributed by atoms with Crippen LogP contribution in [0, 0.1) is 11.7 Å². The SMILES string of the molecule is CN=C(NCc1ccccc1F)NCC1CCCOC1c1ccccc1.I. The quantitative estimate of drug-likeness (QED) is 0.379. The van der Waals surface area contributed by atoms with Gasteiger partial charge in [-0.05, 0) is 24.5 Å². The van der Waals surface area contributed by atoms with Gasteiger partial charge in [0, 0.05) is 38.2 Å². The largest absolute Gasteiger partial charge is 0.373 e. The Morgan fingerprint density at radius 1 is 1.11 bits per heavy atom. The highest BCUT2D eigenvalue weighted by Crippen LogP contribution is 2.32. The van der Waals surface area contributed by atoms with Crippen molar-refractivity contribution in [2.24, 2.45) is 10.9 Å². The van der Waals surface area contributed by atoms with Crippen molar-refractivity contribution in [1.82, 2.24) is 10.6 Å². The van der Waals surface area contributed by atoms with E-state index in [1.807, 2.05) is 24.3 Å². The van der Waals surface area contributed by atoms with Gasteiger partial charge in [-0.25, -0.2) is 4.39 Å². The number of hydrogen-bond acceptors (Lipinski definition) is 2. The van der Waals surface area contributed by atoms with E-state index in [1.165, 1.54) is 11.6 Å². The van der Waals surface area contributed by atoms with Crippen LogP contribution in [0.4, 0.5) is 4.39 Å². The van der Waals surface area contributed by atoms with Gasteiger partial charge in [0.25, 0.3) is 0 Å². The lowest BCUT2D eigenvalue weighted by molar-refractivity contribution is -0.0265. The van der Waals surface area contributed by atoms with Gasteiger partial charge in [-0.2, -0.15) is 0 Å². The second kappa shape index (κ2) is 11.2. The van der Waals surface area contributed by atoms with Crippen LogP contribution >= 0.6 is 24.0 Å². The highest BCUT2D eigenvalue weighted by molar-refractivity contribution is 14.0. The summed E-state index contributed by atoms with van der Waals surface area (Å²) in [4.78, 5) is 4.25. The van der Waals surface area contributed by atoms with Gasteiger partial charge in [-0.1, -0.05) is 48.5 Å². The molecular weight excluding hydrogens is 456 g/mol. The summed E-state index contributed by atoms with van der Waals surface area (Å²) in [6.07, 6.45) is 2.27. The van der Waals surface area contributed by atoms with E-state index in [-0.39, 0.29) is 35.9 Å². The van der Waals surface area contributed by atoms with Crippen LogP contribution in [0.2, 0.25) is 0 Å². The molecular formula is C21H27FIN3O. The average Bonchev–Trinajstić information content (AvgIpc) is 2.70. The first-order valence-corrected chi connectivity index (χ1v) is 9.12. The lowest BCUT2D eigenvalue weighted by Crippen LogP contribution is -2.41. The molecule has 6 heteroatoms. The molecule has 0 bridgehead atoms. The van der Waals surface area contributed by atoms with E-state index in [2.05, 4.69) is 27.8 Å². The molecule has 2 atom stereocenters. The summed E-state index contributed by atoms with van der Waals surface area (Å²) in [6, 6.07) is 17.1. The molecule has 1 saturated heterocycles. The van der Waals surface area contributed by atoms with E-state index >= 15 is 0 Å². The van der Waals surface area contributed by atoms with Gasteiger partial charge in [-0.3, -0.25) is 4.99 Å². The highest BCUT2D eigenvalue weighted by atomic mass is 127. The summed E-state index contributed by atoms with van der Waals surface area (Å²) in [5.41, 5.74) is 1.84. The minimum Gasteiger partial charge on any atom is -0.373 e. The number of nitrogens with one attached hydrogen (secondary N) is 2. The molecule has 3 rings (SSSR count). The Morgan fingerprint density at radius 2 is 1.85 bits per heavy atom. The van der Waals surface area contributed by atoms with Crippen molar-refractivity contribution in [3.63, 3.8) is 0 Å². The fourth-order valence-corrected chi connectivity index (χ4v) is 3.33. The Morgan fingerprint density at radius 3 is 2.59 bits per heavy atom. The Hall–Kier alpha value is -1.67. The molecule has 146 valence electrons. The maximum absolute atomic E-state index is 13.7. The minimum absolute atomic E-state index is 0. The van der Waals surface area contributed by atoms with Crippen LogP contribution in [0.3, 0.4) is 0 Å². The summed E-state index contributed by atoms with van der Waals surface area (Å²) < 4.78 is 19.8. The maximum atomic E-state index is 13.7. The smallest absolute Gasteiger partial charge is 0.191 e. The number of halogens is 2. The molecule has 1 aliphatic heterocycles. The van der Waals surface area contributed by atoms with E-state index in [0.29, 0.717) is 24.0 Å². The molecule has 1 fully saturated rings. The number of rotatable bonds is 5. The molecule has 0 amide bonds. The topological polar surface area (TPSA) is 45.7 Å². The highest BCUT2D eigenvalue weighted by Gasteiger charge is 2.27. The second-order valence-electron chi connectivity index (χ2n) is 6.50. The van der Waals surface area contributed by atoms with Gasteiger partial charge in [0.2, 0.25) is 0 Å². The van der Waals surface area contributed by atoms with Crippen molar-refractivity contribution < 1.29 is 9.13 Å². The summed E-state index contributed by atoms with van der Waals surface area (Å²) in [5.74, 6) is 0.837. The Labute approximate surface area is 177 Å². The lowest BCUT2D eigenvalue weighted by atomic mass is 9.89. The Bertz CT molecular complexity index is 726. The van der Waals surface area contributed by atoms with E-state index in [4.69, 9.17) is 4.74 Å². The van der Waals surface area contributed by atoms with Gasteiger partial charge in [-0.15, -0.1) is 24.0 Å². The van der Waals surface area contributed by atoms with Crippen molar-refractivity contribution in [3.05, 3.63) is 71.5 Å². The van der Waals surface area contributed by atoms with Crippen molar-refractivity contribution >= 4 is 29.9 Å². The Kier molecular flexibility index (Phi) is 9.00. The molecule has 27 heavy (non-hydrogen) atoms. The molecule has 0 aliphatic carbocycles. The molecule has 0 aromatic heterocycles. The predicted molar refractivity (Wildman–Crippen MR) is 118 cm³/mol. The first kappa shape index (κ1) is 21.6. The van der Waals surface area contributed by atoms with Crippen LogP contribution in [0.5, 0.6) is 0 Å². The zero-order valence-corrected chi connectivity index (χ0v) is 17.9. The Balaban J connectivity index is 0.00000261. The first-order valence-electron chi connectivity index (χ1n) is 9.12. The normalized spacial score (nSPS) is 19.9. The van der Waals surface area contributed by atoms with Crippen molar-refractivity contribution in [3.8, 4) is 0 Å². The average molecular weight is 483 g/mol. The molecule has 1 heterocycles. The summed E-state index contributed by atoms with van der Waals surface area (Å²) in [5, 5.41) is 6.54. The number of hydrogen-bond donors (Lipinski definition) is 2. The van der Waals surface area contributed by atoms with Gasteiger partial charge >= 0.3 is 0 Å². The fraction of sp³-hybridized carbons (Fsp3) is 0.381. The number of benzene rings is 2. The molecule has 1 aliphatic rings. The second-order valence-corrected chi connectivity index (χ2v) is 6.50. The van der Waals surface area contributed by atoms with Crippen LogP contribution in [0.25, 0.3) is 0 Å². The molecule has 0 spiro atoms. The number of guanidine groups is 1. The zero-order chi connectivity index (χ0) is 18.2. The van der Waals surface area contributed by atoms with Crippen LogP contribution < -0.4 is 10.6 Å². The van der Waals surface area contributed by atoms with Crippen molar-refractivity contribution in [1.29, 1.82) is 0 Å². The molecule has 2 aromatic rings. The lowest BCUT2D eigenvalue weighted by Gasteiger charge is -2.32. The van der Waals surface area contributed by atoms with Crippen molar-refractivity contribution in [2.45, 2.75) is 25.5 Å². The zero-order valence-electron chi connectivity index (χ0n) is 15.5.